The lowest BCUT2D eigenvalue weighted by Gasteiger charge is -2.15. The minimum atomic E-state index is 0.176. The third-order valence-corrected chi connectivity index (χ3v) is 10.3. The SMILES string of the molecule is Cc1cc(C(C)(C)C)sc1-c1nc2sc(-c3sc(C(C)(C)C)cc3C)nc2s1. The van der Waals surface area contributed by atoms with Crippen molar-refractivity contribution in [1.29, 1.82) is 0 Å². The molecule has 0 bridgehead atoms. The molecule has 0 saturated carbocycles. The zero-order valence-electron chi connectivity index (χ0n) is 17.7. The van der Waals surface area contributed by atoms with Crippen LogP contribution in [0.15, 0.2) is 12.1 Å². The van der Waals surface area contributed by atoms with Crippen molar-refractivity contribution >= 4 is 55.0 Å². The average molecular weight is 447 g/mol. The highest BCUT2D eigenvalue weighted by Gasteiger charge is 2.23. The molecule has 4 aromatic heterocycles. The van der Waals surface area contributed by atoms with E-state index >= 15 is 0 Å². The number of aromatic nitrogens is 2. The summed E-state index contributed by atoms with van der Waals surface area (Å²) < 4.78 is 0. The van der Waals surface area contributed by atoms with Crippen molar-refractivity contribution in [3.8, 4) is 19.8 Å². The quantitative estimate of drug-likeness (QED) is 0.309. The number of fused-ring (bicyclic) bond motifs is 1. The molecule has 4 rings (SSSR count). The Morgan fingerprint density at radius 3 is 1.25 bits per heavy atom. The summed E-state index contributed by atoms with van der Waals surface area (Å²) in [7, 11) is 0. The molecule has 28 heavy (non-hydrogen) atoms. The molecule has 0 N–H and O–H groups in total. The van der Waals surface area contributed by atoms with Crippen LogP contribution in [0.2, 0.25) is 0 Å². The maximum atomic E-state index is 4.96. The molecular weight excluding hydrogens is 421 g/mol. The van der Waals surface area contributed by atoms with E-state index < -0.39 is 0 Å². The summed E-state index contributed by atoms with van der Waals surface area (Å²) in [5.41, 5.74) is 2.99. The summed E-state index contributed by atoms with van der Waals surface area (Å²) in [4.78, 5) is 17.5. The number of thiazole rings is 2. The predicted octanol–water partition coefficient (Wildman–Crippen LogP) is 8.42. The molecule has 0 unspecified atom stereocenters. The van der Waals surface area contributed by atoms with Crippen LogP contribution in [0.25, 0.3) is 29.4 Å². The fourth-order valence-corrected chi connectivity index (χ4v) is 7.75. The molecule has 0 amide bonds. The second-order valence-electron chi connectivity index (χ2n) is 9.39. The Balaban J connectivity index is 1.72. The Hall–Kier alpha value is -1.08. The number of hydrogen-bond acceptors (Lipinski definition) is 6. The van der Waals surface area contributed by atoms with Gasteiger partial charge in [-0.1, -0.05) is 64.2 Å². The van der Waals surface area contributed by atoms with Gasteiger partial charge in [0.2, 0.25) is 0 Å². The molecule has 0 aliphatic heterocycles. The van der Waals surface area contributed by atoms with Gasteiger partial charge in [-0.05, 0) is 47.9 Å². The van der Waals surface area contributed by atoms with Crippen molar-refractivity contribution in [2.75, 3.05) is 0 Å². The van der Waals surface area contributed by atoms with Crippen LogP contribution in [-0.2, 0) is 10.8 Å². The van der Waals surface area contributed by atoms with E-state index in [2.05, 4.69) is 67.5 Å². The molecule has 0 aromatic carbocycles. The molecule has 4 heterocycles. The number of nitrogens with zero attached hydrogens (tertiary/aromatic N) is 2. The van der Waals surface area contributed by atoms with Gasteiger partial charge in [0, 0.05) is 9.75 Å². The molecule has 0 aliphatic carbocycles. The molecule has 6 heteroatoms. The average Bonchev–Trinajstić information content (AvgIpc) is 3.26. The fraction of sp³-hybridized carbons (Fsp3) is 0.455. The van der Waals surface area contributed by atoms with Gasteiger partial charge in [-0.2, -0.15) is 0 Å². The standard InChI is InChI=1S/C22H26N2S4/c1-11-9-13(21(3,4)5)25-15(11)17-23-19-20(27-17)24-18(28-19)16-12(2)10-14(26-16)22(6,7)8/h9-10H,1-8H3. The molecule has 148 valence electrons. The molecule has 4 aromatic rings. The van der Waals surface area contributed by atoms with E-state index in [1.54, 1.807) is 22.7 Å². The van der Waals surface area contributed by atoms with E-state index in [9.17, 15) is 0 Å². The highest BCUT2D eigenvalue weighted by molar-refractivity contribution is 7.32. The Labute approximate surface area is 183 Å². The number of aryl methyl sites for hydroxylation is 2. The van der Waals surface area contributed by atoms with E-state index in [0.29, 0.717) is 0 Å². The third-order valence-electron chi connectivity index (χ3n) is 4.68. The second kappa shape index (κ2) is 6.73. The normalized spacial score (nSPS) is 13.0. The first-order chi connectivity index (χ1) is 12.9. The van der Waals surface area contributed by atoms with E-state index in [4.69, 9.17) is 9.97 Å². The summed E-state index contributed by atoms with van der Waals surface area (Å²) >= 11 is 7.20. The summed E-state index contributed by atoms with van der Waals surface area (Å²) in [6.45, 7) is 18.0. The minimum absolute atomic E-state index is 0.176. The smallest absolute Gasteiger partial charge is 0.155 e. The van der Waals surface area contributed by atoms with E-state index in [1.165, 1.54) is 30.6 Å². The van der Waals surface area contributed by atoms with Gasteiger partial charge < -0.3 is 0 Å². The molecule has 0 atom stereocenters. The van der Waals surface area contributed by atoms with Crippen LogP contribution in [0.1, 0.15) is 62.4 Å². The fourth-order valence-electron chi connectivity index (χ4n) is 2.96. The maximum Gasteiger partial charge on any atom is 0.155 e. The van der Waals surface area contributed by atoms with Crippen LogP contribution < -0.4 is 0 Å². The lowest BCUT2D eigenvalue weighted by atomic mass is 9.94. The molecule has 0 aliphatic rings. The van der Waals surface area contributed by atoms with Crippen molar-refractivity contribution < 1.29 is 0 Å². The monoisotopic (exact) mass is 446 g/mol. The minimum Gasteiger partial charge on any atom is -0.222 e. The first kappa shape index (κ1) is 20.2. The summed E-state index contributed by atoms with van der Waals surface area (Å²) in [5, 5.41) is 2.22. The Bertz CT molecular complexity index is 1040. The summed E-state index contributed by atoms with van der Waals surface area (Å²) in [6, 6.07) is 4.63. The third kappa shape index (κ3) is 3.60. The molecular formula is C22H26N2S4. The van der Waals surface area contributed by atoms with Gasteiger partial charge in [0.1, 0.15) is 10.0 Å². The maximum absolute atomic E-state index is 4.96. The molecule has 0 spiro atoms. The van der Waals surface area contributed by atoms with Gasteiger partial charge in [0.25, 0.3) is 0 Å². The Kier molecular flexibility index (Phi) is 4.85. The number of thiophene rings is 2. The van der Waals surface area contributed by atoms with Crippen molar-refractivity contribution in [2.24, 2.45) is 0 Å². The molecule has 2 nitrogen and oxygen atoms in total. The van der Waals surface area contributed by atoms with Crippen LogP contribution in [0, 0.1) is 13.8 Å². The Morgan fingerprint density at radius 2 is 0.964 bits per heavy atom. The zero-order valence-corrected chi connectivity index (χ0v) is 20.9. The van der Waals surface area contributed by atoms with Gasteiger partial charge in [-0.25, -0.2) is 9.97 Å². The number of rotatable bonds is 2. The van der Waals surface area contributed by atoms with Gasteiger partial charge in [-0.15, -0.1) is 22.7 Å². The molecule has 0 fully saturated rings. The number of hydrogen-bond donors (Lipinski definition) is 0. The van der Waals surface area contributed by atoms with Gasteiger partial charge in [0.15, 0.2) is 9.66 Å². The highest BCUT2D eigenvalue weighted by atomic mass is 32.1. The van der Waals surface area contributed by atoms with Crippen LogP contribution in [0.4, 0.5) is 0 Å². The lowest BCUT2D eigenvalue weighted by Crippen LogP contribution is -2.07. The molecule has 0 saturated heterocycles. The second-order valence-corrected chi connectivity index (χ2v) is 13.5. The van der Waals surface area contributed by atoms with Crippen molar-refractivity contribution in [3.05, 3.63) is 33.0 Å². The van der Waals surface area contributed by atoms with E-state index in [0.717, 1.165) is 19.7 Å². The van der Waals surface area contributed by atoms with Crippen LogP contribution in [-0.4, -0.2) is 9.97 Å². The first-order valence-corrected chi connectivity index (χ1v) is 12.7. The lowest BCUT2D eigenvalue weighted by molar-refractivity contribution is 0.603. The van der Waals surface area contributed by atoms with E-state index in [-0.39, 0.29) is 10.8 Å². The topological polar surface area (TPSA) is 25.8 Å². The first-order valence-electron chi connectivity index (χ1n) is 9.43. The zero-order chi connectivity index (χ0) is 20.4. The van der Waals surface area contributed by atoms with Crippen LogP contribution in [0.5, 0.6) is 0 Å². The summed E-state index contributed by atoms with van der Waals surface area (Å²) in [5.74, 6) is 0. The Morgan fingerprint density at radius 1 is 0.607 bits per heavy atom. The summed E-state index contributed by atoms with van der Waals surface area (Å²) in [6.07, 6.45) is 0. The van der Waals surface area contributed by atoms with Gasteiger partial charge >= 0.3 is 0 Å². The largest absolute Gasteiger partial charge is 0.222 e. The molecule has 0 radical (unpaired) electrons. The predicted molar refractivity (Wildman–Crippen MR) is 129 cm³/mol. The highest BCUT2D eigenvalue weighted by Crippen LogP contribution is 2.45. The van der Waals surface area contributed by atoms with E-state index in [1.807, 2.05) is 22.7 Å². The van der Waals surface area contributed by atoms with Crippen molar-refractivity contribution in [1.82, 2.24) is 9.97 Å². The van der Waals surface area contributed by atoms with Crippen LogP contribution in [0.3, 0.4) is 0 Å². The van der Waals surface area contributed by atoms with Gasteiger partial charge in [-0.3, -0.25) is 0 Å². The van der Waals surface area contributed by atoms with Gasteiger partial charge in [0.05, 0.1) is 9.75 Å². The van der Waals surface area contributed by atoms with Crippen molar-refractivity contribution in [3.63, 3.8) is 0 Å². The van der Waals surface area contributed by atoms with Crippen LogP contribution >= 0.6 is 45.3 Å². The van der Waals surface area contributed by atoms with Crippen molar-refractivity contribution in [2.45, 2.75) is 66.2 Å².